The first-order valence-corrected chi connectivity index (χ1v) is 12.5. The van der Waals surface area contributed by atoms with Crippen LogP contribution in [0.25, 0.3) is 0 Å². The van der Waals surface area contributed by atoms with Crippen molar-refractivity contribution >= 4 is 27.1 Å². The summed E-state index contributed by atoms with van der Waals surface area (Å²) in [5, 5.41) is 4.36. The molecule has 28 heavy (non-hydrogen) atoms. The Hall–Kier alpha value is -1.67. The molecule has 5 saturated carbocycles. The van der Waals surface area contributed by atoms with E-state index in [-0.39, 0.29) is 22.6 Å². The van der Waals surface area contributed by atoms with Gasteiger partial charge in [0.1, 0.15) is 10.5 Å². The number of thiazole rings is 1. The summed E-state index contributed by atoms with van der Waals surface area (Å²) >= 11 is 1.85. The van der Waals surface area contributed by atoms with Crippen molar-refractivity contribution in [3.8, 4) is 0 Å². The third-order valence-electron chi connectivity index (χ3n) is 7.06. The van der Waals surface area contributed by atoms with E-state index in [4.69, 9.17) is 4.42 Å². The molecular weight excluding hydrogens is 396 g/mol. The van der Waals surface area contributed by atoms with Gasteiger partial charge in [-0.05, 0) is 63.0 Å². The van der Waals surface area contributed by atoms with Crippen molar-refractivity contribution < 1.29 is 17.6 Å². The molecule has 5 aliphatic carbocycles. The lowest BCUT2D eigenvalue weighted by molar-refractivity contribution is -0.0812. The summed E-state index contributed by atoms with van der Waals surface area (Å²) < 4.78 is 28.8. The Morgan fingerprint density at radius 3 is 2.57 bits per heavy atom. The molecule has 2 heterocycles. The van der Waals surface area contributed by atoms with Crippen LogP contribution < -0.4 is 5.32 Å². The molecular formula is C20H22N2O4S2. The molecule has 2 bridgehead atoms. The molecule has 7 rings (SSSR count). The van der Waals surface area contributed by atoms with Gasteiger partial charge in [0.05, 0.1) is 5.01 Å². The average molecular weight is 419 g/mol. The van der Waals surface area contributed by atoms with E-state index < -0.39 is 14.6 Å². The van der Waals surface area contributed by atoms with Crippen LogP contribution in [0.15, 0.2) is 22.7 Å². The summed E-state index contributed by atoms with van der Waals surface area (Å²) in [5.74, 6) is 1.09. The SMILES string of the molecule is CS(=O)(=O)C1(c2ccc(C(=O)NC34CC(c5ncc(C6CC6)s5)(C3)C4)o2)CC1. The topological polar surface area (TPSA) is 89.3 Å². The normalized spacial score (nSPS) is 32.3. The van der Waals surface area contributed by atoms with E-state index in [1.165, 1.54) is 29.0 Å². The van der Waals surface area contributed by atoms with Gasteiger partial charge in [-0.3, -0.25) is 4.79 Å². The number of rotatable bonds is 6. The van der Waals surface area contributed by atoms with Gasteiger partial charge in [-0.1, -0.05) is 0 Å². The van der Waals surface area contributed by atoms with Crippen LogP contribution in [0.4, 0.5) is 0 Å². The van der Waals surface area contributed by atoms with Crippen LogP contribution in [-0.4, -0.2) is 31.1 Å². The second-order valence-corrected chi connectivity index (χ2v) is 12.7. The van der Waals surface area contributed by atoms with Crippen LogP contribution in [0.5, 0.6) is 0 Å². The number of sulfone groups is 1. The third-order valence-corrected chi connectivity index (χ3v) is 10.5. The van der Waals surface area contributed by atoms with Crippen LogP contribution >= 0.6 is 11.3 Å². The number of aromatic nitrogens is 1. The van der Waals surface area contributed by atoms with Crippen LogP contribution in [-0.2, 0) is 20.0 Å². The van der Waals surface area contributed by atoms with Gasteiger partial charge in [-0.25, -0.2) is 13.4 Å². The van der Waals surface area contributed by atoms with Crippen LogP contribution in [0.2, 0.25) is 0 Å². The highest BCUT2D eigenvalue weighted by Gasteiger charge is 2.70. The van der Waals surface area contributed by atoms with Crippen molar-refractivity contribution in [2.24, 2.45) is 0 Å². The fourth-order valence-electron chi connectivity index (χ4n) is 5.16. The van der Waals surface area contributed by atoms with Crippen molar-refractivity contribution in [3.63, 3.8) is 0 Å². The first-order valence-electron chi connectivity index (χ1n) is 9.83. The Bertz CT molecular complexity index is 1090. The predicted molar refractivity (Wildman–Crippen MR) is 104 cm³/mol. The van der Waals surface area contributed by atoms with Gasteiger partial charge in [0.15, 0.2) is 15.6 Å². The Balaban J connectivity index is 1.13. The maximum Gasteiger partial charge on any atom is 0.287 e. The lowest BCUT2D eigenvalue weighted by atomic mass is 9.39. The second kappa shape index (κ2) is 5.08. The standard InChI is InChI=1S/C20H22N2O4S2/c1-28(24,25)20(6-7-20)15-5-4-13(26-15)16(23)22-19-9-18(10-19,11-19)17-21-8-14(27-17)12-2-3-12/h4-5,8,12H,2-3,6-7,9-11H2,1H3,(H,22,23). The Morgan fingerprint density at radius 1 is 1.25 bits per heavy atom. The monoisotopic (exact) mass is 418 g/mol. The lowest BCUT2D eigenvalue weighted by Gasteiger charge is -2.69. The van der Waals surface area contributed by atoms with E-state index in [9.17, 15) is 13.2 Å². The Morgan fingerprint density at radius 2 is 1.96 bits per heavy atom. The van der Waals surface area contributed by atoms with E-state index in [1.807, 2.05) is 17.5 Å². The van der Waals surface area contributed by atoms with Gasteiger partial charge < -0.3 is 9.73 Å². The molecule has 0 saturated heterocycles. The minimum atomic E-state index is -3.25. The molecule has 0 aliphatic heterocycles. The van der Waals surface area contributed by atoms with E-state index in [1.54, 1.807) is 12.1 Å². The quantitative estimate of drug-likeness (QED) is 0.778. The first-order chi connectivity index (χ1) is 13.2. The van der Waals surface area contributed by atoms with Crippen molar-refractivity contribution in [3.05, 3.63) is 39.7 Å². The van der Waals surface area contributed by atoms with Gasteiger partial charge >= 0.3 is 0 Å². The number of nitrogens with one attached hydrogen (secondary N) is 1. The molecule has 2 aromatic rings. The van der Waals surface area contributed by atoms with Crippen molar-refractivity contribution in [2.75, 3.05) is 6.26 Å². The molecule has 0 spiro atoms. The average Bonchev–Trinajstić information content (AvgIpc) is 3.49. The van der Waals surface area contributed by atoms with Gasteiger partial charge in [0, 0.05) is 28.3 Å². The van der Waals surface area contributed by atoms with E-state index in [2.05, 4.69) is 10.3 Å². The maximum absolute atomic E-state index is 12.7. The zero-order chi connectivity index (χ0) is 19.4. The molecule has 148 valence electrons. The molecule has 5 aliphatic rings. The molecule has 0 atom stereocenters. The summed E-state index contributed by atoms with van der Waals surface area (Å²) in [7, 11) is -3.25. The maximum atomic E-state index is 12.7. The van der Waals surface area contributed by atoms with Crippen LogP contribution in [0.1, 0.15) is 77.1 Å². The molecule has 8 heteroatoms. The van der Waals surface area contributed by atoms with E-state index in [0.717, 1.165) is 25.2 Å². The van der Waals surface area contributed by atoms with Crippen molar-refractivity contribution in [1.82, 2.24) is 10.3 Å². The molecule has 6 nitrogen and oxygen atoms in total. The van der Waals surface area contributed by atoms with Crippen molar-refractivity contribution in [2.45, 2.75) is 66.6 Å². The van der Waals surface area contributed by atoms with E-state index >= 15 is 0 Å². The molecule has 1 amide bonds. The summed E-state index contributed by atoms with van der Waals surface area (Å²) in [4.78, 5) is 18.7. The molecule has 0 unspecified atom stereocenters. The predicted octanol–water partition coefficient (Wildman–Crippen LogP) is 3.25. The molecule has 2 aromatic heterocycles. The number of hydrogen-bond acceptors (Lipinski definition) is 6. The molecule has 0 aromatic carbocycles. The molecule has 5 fully saturated rings. The van der Waals surface area contributed by atoms with Gasteiger partial charge in [-0.2, -0.15) is 0 Å². The van der Waals surface area contributed by atoms with Gasteiger partial charge in [0.2, 0.25) is 0 Å². The minimum Gasteiger partial charge on any atom is -0.454 e. The van der Waals surface area contributed by atoms with Crippen LogP contribution in [0, 0.1) is 0 Å². The van der Waals surface area contributed by atoms with Gasteiger partial charge in [-0.15, -0.1) is 11.3 Å². The first kappa shape index (κ1) is 17.2. The fourth-order valence-corrected chi connectivity index (χ4v) is 7.74. The smallest absolute Gasteiger partial charge is 0.287 e. The Kier molecular flexibility index (Phi) is 3.12. The number of hydrogen-bond donors (Lipinski definition) is 1. The number of nitrogens with zero attached hydrogens (tertiary/aromatic N) is 1. The lowest BCUT2D eigenvalue weighted by Crippen LogP contribution is -2.76. The highest BCUT2D eigenvalue weighted by Crippen LogP contribution is 2.68. The summed E-state index contributed by atoms with van der Waals surface area (Å²) in [6, 6.07) is 3.24. The van der Waals surface area contributed by atoms with Crippen LogP contribution in [0.3, 0.4) is 0 Å². The summed E-state index contributed by atoms with van der Waals surface area (Å²) in [6.45, 7) is 0. The second-order valence-electron chi connectivity index (χ2n) is 9.32. The number of carbonyl (C=O) groups excluding carboxylic acids is 1. The Labute approximate surface area is 167 Å². The highest BCUT2D eigenvalue weighted by atomic mass is 32.2. The number of furan rings is 1. The molecule has 0 radical (unpaired) electrons. The largest absolute Gasteiger partial charge is 0.454 e. The fraction of sp³-hybridized carbons (Fsp3) is 0.600. The summed E-state index contributed by atoms with van der Waals surface area (Å²) in [6.07, 6.45) is 9.78. The zero-order valence-electron chi connectivity index (χ0n) is 15.7. The third kappa shape index (κ3) is 2.27. The minimum absolute atomic E-state index is 0.149. The number of amides is 1. The molecule has 1 N–H and O–H groups in total. The zero-order valence-corrected chi connectivity index (χ0v) is 17.3. The van der Waals surface area contributed by atoms with Gasteiger partial charge in [0.25, 0.3) is 5.91 Å². The summed E-state index contributed by atoms with van der Waals surface area (Å²) in [5.41, 5.74) is 0.0112. The van der Waals surface area contributed by atoms with Crippen molar-refractivity contribution in [1.29, 1.82) is 0 Å². The number of carbonyl (C=O) groups is 1. The van der Waals surface area contributed by atoms with E-state index in [0.29, 0.717) is 18.6 Å². The highest BCUT2D eigenvalue weighted by molar-refractivity contribution is 7.91.